The van der Waals surface area contributed by atoms with E-state index in [9.17, 15) is 13.2 Å². The molecule has 3 rings (SSSR count). The van der Waals surface area contributed by atoms with Crippen LogP contribution in [0.3, 0.4) is 0 Å². The van der Waals surface area contributed by atoms with Gasteiger partial charge in [0.15, 0.2) is 15.0 Å². The summed E-state index contributed by atoms with van der Waals surface area (Å²) in [6.07, 6.45) is 1.17. The summed E-state index contributed by atoms with van der Waals surface area (Å²) in [5.74, 6) is -0.348. The largest absolute Gasteiger partial charge is 0.298 e. The number of carbonyl (C=O) groups is 1. The molecule has 0 bridgehead atoms. The number of fused-ring (bicyclic) bond motifs is 1. The zero-order valence-corrected chi connectivity index (χ0v) is 15.0. The van der Waals surface area contributed by atoms with Gasteiger partial charge in [0.2, 0.25) is 0 Å². The molecule has 0 aliphatic rings. The Kier molecular flexibility index (Phi) is 4.58. The van der Waals surface area contributed by atoms with Gasteiger partial charge in [-0.2, -0.15) is 0 Å². The van der Waals surface area contributed by atoms with Gasteiger partial charge in [-0.05, 0) is 35.9 Å². The zero-order valence-electron chi connectivity index (χ0n) is 12.6. The number of halogens is 1. The molecule has 1 aromatic heterocycles. The maximum Gasteiger partial charge on any atom is 0.257 e. The van der Waals surface area contributed by atoms with E-state index in [1.807, 2.05) is 0 Å². The van der Waals surface area contributed by atoms with Crippen LogP contribution in [0.2, 0.25) is 5.02 Å². The lowest BCUT2D eigenvalue weighted by atomic mass is 10.1. The first kappa shape index (κ1) is 16.9. The van der Waals surface area contributed by atoms with E-state index >= 15 is 0 Å². The van der Waals surface area contributed by atoms with Crippen molar-refractivity contribution in [3.05, 3.63) is 58.6 Å². The maximum absolute atomic E-state index is 12.3. The third kappa shape index (κ3) is 4.11. The predicted octanol–water partition coefficient (Wildman–Crippen LogP) is 3.75. The van der Waals surface area contributed by atoms with Gasteiger partial charge in [0.05, 0.1) is 16.0 Å². The molecule has 3 aromatic rings. The van der Waals surface area contributed by atoms with Crippen molar-refractivity contribution in [1.82, 2.24) is 4.98 Å². The minimum absolute atomic E-state index is 0.0481. The van der Waals surface area contributed by atoms with Crippen LogP contribution >= 0.6 is 22.9 Å². The number of thiazole rings is 1. The van der Waals surface area contributed by atoms with Gasteiger partial charge in [0.1, 0.15) is 0 Å². The second kappa shape index (κ2) is 6.51. The van der Waals surface area contributed by atoms with Gasteiger partial charge in [0.25, 0.3) is 5.91 Å². The van der Waals surface area contributed by atoms with Crippen molar-refractivity contribution in [2.45, 2.75) is 5.75 Å². The van der Waals surface area contributed by atoms with E-state index in [1.54, 1.807) is 42.5 Å². The number of nitrogens with one attached hydrogen (secondary N) is 1. The zero-order chi connectivity index (χ0) is 17.3. The van der Waals surface area contributed by atoms with Gasteiger partial charge in [-0.15, -0.1) is 0 Å². The Morgan fingerprint density at radius 3 is 2.58 bits per heavy atom. The van der Waals surface area contributed by atoms with Crippen molar-refractivity contribution in [3.8, 4) is 0 Å². The first-order valence-corrected chi connectivity index (χ1v) is 10.2. The van der Waals surface area contributed by atoms with Gasteiger partial charge in [-0.3, -0.25) is 10.1 Å². The molecule has 2 aromatic carbocycles. The second-order valence-corrected chi connectivity index (χ2v) is 8.96. The van der Waals surface area contributed by atoms with Crippen molar-refractivity contribution < 1.29 is 13.2 Å². The number of rotatable bonds is 4. The molecule has 124 valence electrons. The van der Waals surface area contributed by atoms with Crippen LogP contribution in [0.25, 0.3) is 10.2 Å². The van der Waals surface area contributed by atoms with Crippen molar-refractivity contribution in [2.75, 3.05) is 11.6 Å². The number of anilines is 1. The van der Waals surface area contributed by atoms with Crippen LogP contribution in [0.15, 0.2) is 42.5 Å². The molecule has 1 amide bonds. The monoisotopic (exact) mass is 380 g/mol. The molecule has 0 saturated heterocycles. The average molecular weight is 381 g/mol. The molecule has 0 aliphatic carbocycles. The minimum Gasteiger partial charge on any atom is -0.298 e. The van der Waals surface area contributed by atoms with Crippen LogP contribution in [0, 0.1) is 0 Å². The Morgan fingerprint density at radius 2 is 1.92 bits per heavy atom. The summed E-state index contributed by atoms with van der Waals surface area (Å²) >= 11 is 7.28. The molecule has 0 spiro atoms. The van der Waals surface area contributed by atoms with Gasteiger partial charge in [0, 0.05) is 16.8 Å². The van der Waals surface area contributed by atoms with Crippen molar-refractivity contribution in [1.29, 1.82) is 0 Å². The van der Waals surface area contributed by atoms with Crippen LogP contribution in [-0.2, 0) is 15.6 Å². The molecule has 1 heterocycles. The molecule has 24 heavy (non-hydrogen) atoms. The van der Waals surface area contributed by atoms with E-state index in [0.717, 1.165) is 10.2 Å². The van der Waals surface area contributed by atoms with Gasteiger partial charge < -0.3 is 0 Å². The SMILES string of the molecule is CS(=O)(=O)Cc1ccc(C(=O)Nc2nc3ccc(Cl)cc3s2)cc1. The molecule has 0 fully saturated rings. The average Bonchev–Trinajstić information content (AvgIpc) is 2.87. The van der Waals surface area contributed by atoms with Gasteiger partial charge in [-0.25, -0.2) is 13.4 Å². The quantitative estimate of drug-likeness (QED) is 0.747. The summed E-state index contributed by atoms with van der Waals surface area (Å²) in [5, 5.41) is 3.84. The normalized spacial score (nSPS) is 11.6. The molecule has 0 saturated carbocycles. The topological polar surface area (TPSA) is 76.1 Å². The standard InChI is InChI=1S/C16H13ClN2O3S2/c1-24(21,22)9-10-2-4-11(5-3-10)15(20)19-16-18-13-7-6-12(17)8-14(13)23-16/h2-8H,9H2,1H3,(H,18,19,20). The lowest BCUT2D eigenvalue weighted by Gasteiger charge is -2.03. The lowest BCUT2D eigenvalue weighted by Crippen LogP contribution is -2.11. The third-order valence-corrected chi connectivity index (χ3v) is 5.24. The molecule has 8 heteroatoms. The second-order valence-electron chi connectivity index (χ2n) is 5.35. The summed E-state index contributed by atoms with van der Waals surface area (Å²) in [4.78, 5) is 16.6. The highest BCUT2D eigenvalue weighted by Gasteiger charge is 2.11. The highest BCUT2D eigenvalue weighted by Crippen LogP contribution is 2.28. The Morgan fingerprint density at radius 1 is 1.21 bits per heavy atom. The molecule has 0 radical (unpaired) electrons. The minimum atomic E-state index is -3.10. The Balaban J connectivity index is 1.76. The number of hydrogen-bond donors (Lipinski definition) is 1. The fourth-order valence-corrected chi connectivity index (χ4v) is 4.11. The number of aromatic nitrogens is 1. The first-order valence-electron chi connectivity index (χ1n) is 6.94. The highest BCUT2D eigenvalue weighted by atomic mass is 35.5. The van der Waals surface area contributed by atoms with Gasteiger partial charge >= 0.3 is 0 Å². The van der Waals surface area contributed by atoms with Crippen LogP contribution in [0.1, 0.15) is 15.9 Å². The smallest absolute Gasteiger partial charge is 0.257 e. The summed E-state index contributed by atoms with van der Waals surface area (Å²) in [6.45, 7) is 0. The Bertz CT molecular complexity index is 1010. The molecule has 5 nitrogen and oxygen atoms in total. The number of hydrogen-bond acceptors (Lipinski definition) is 5. The third-order valence-electron chi connectivity index (χ3n) is 3.22. The van der Waals surface area contributed by atoms with Gasteiger partial charge in [-0.1, -0.05) is 35.1 Å². The molecular formula is C16H13ClN2O3S2. The fourth-order valence-electron chi connectivity index (χ4n) is 2.18. The fraction of sp³-hybridized carbons (Fsp3) is 0.125. The summed E-state index contributed by atoms with van der Waals surface area (Å²) in [6, 6.07) is 11.8. The molecular weight excluding hydrogens is 368 g/mol. The van der Waals surface area contributed by atoms with Crippen molar-refractivity contribution in [3.63, 3.8) is 0 Å². The number of benzene rings is 2. The van der Waals surface area contributed by atoms with Crippen LogP contribution in [0.4, 0.5) is 5.13 Å². The summed E-state index contributed by atoms with van der Waals surface area (Å²) in [7, 11) is -3.10. The summed E-state index contributed by atoms with van der Waals surface area (Å²) < 4.78 is 23.4. The first-order chi connectivity index (χ1) is 11.3. The van der Waals surface area contributed by atoms with Crippen LogP contribution in [0.5, 0.6) is 0 Å². The lowest BCUT2D eigenvalue weighted by molar-refractivity contribution is 0.102. The number of sulfone groups is 1. The van der Waals surface area contributed by atoms with E-state index in [2.05, 4.69) is 10.3 Å². The van der Waals surface area contributed by atoms with Crippen LogP contribution in [-0.4, -0.2) is 25.6 Å². The number of amides is 1. The number of carbonyl (C=O) groups excluding carboxylic acids is 1. The van der Waals surface area contributed by atoms with E-state index in [4.69, 9.17) is 11.6 Å². The molecule has 0 aliphatic heterocycles. The van der Waals surface area contributed by atoms with Crippen molar-refractivity contribution in [2.24, 2.45) is 0 Å². The van der Waals surface area contributed by atoms with E-state index in [1.165, 1.54) is 17.6 Å². The summed E-state index contributed by atoms with van der Waals surface area (Å²) in [5.41, 5.74) is 1.84. The molecule has 0 unspecified atom stereocenters. The van der Waals surface area contributed by atoms with E-state index < -0.39 is 9.84 Å². The maximum atomic E-state index is 12.3. The van der Waals surface area contributed by atoms with Crippen molar-refractivity contribution >= 4 is 54.0 Å². The van der Waals surface area contributed by atoms with E-state index in [-0.39, 0.29) is 11.7 Å². The molecule has 1 N–H and O–H groups in total. The Hall–Kier alpha value is -1.96. The Labute approximate surface area is 148 Å². The molecule has 0 atom stereocenters. The number of nitrogens with zero attached hydrogens (tertiary/aromatic N) is 1. The predicted molar refractivity (Wildman–Crippen MR) is 97.6 cm³/mol. The van der Waals surface area contributed by atoms with E-state index in [0.29, 0.717) is 21.3 Å². The highest BCUT2D eigenvalue weighted by molar-refractivity contribution is 7.89. The van der Waals surface area contributed by atoms with Crippen LogP contribution < -0.4 is 5.32 Å².